The third-order valence-electron chi connectivity index (χ3n) is 2.86. The van der Waals surface area contributed by atoms with Crippen LogP contribution in [0.1, 0.15) is 20.8 Å². The van der Waals surface area contributed by atoms with E-state index in [1.165, 1.54) is 6.07 Å². The zero-order valence-electron chi connectivity index (χ0n) is 10.8. The predicted molar refractivity (Wildman–Crippen MR) is 70.9 cm³/mol. The van der Waals surface area contributed by atoms with Crippen molar-refractivity contribution in [3.05, 3.63) is 35.5 Å². The third-order valence-corrected chi connectivity index (χ3v) is 2.86. The molecule has 0 radical (unpaired) electrons. The van der Waals surface area contributed by atoms with Crippen LogP contribution in [-0.4, -0.2) is 40.4 Å². The van der Waals surface area contributed by atoms with E-state index < -0.39 is 11.9 Å². The lowest BCUT2D eigenvalue weighted by Gasteiger charge is -2.20. The van der Waals surface area contributed by atoms with E-state index in [0.29, 0.717) is 30.3 Å². The van der Waals surface area contributed by atoms with Crippen LogP contribution in [0.3, 0.4) is 0 Å². The minimum absolute atomic E-state index is 0.111. The third kappa shape index (κ3) is 2.50. The second-order valence-corrected chi connectivity index (χ2v) is 4.26. The molecule has 108 valence electrons. The number of carboxylic acids is 1. The van der Waals surface area contributed by atoms with Crippen molar-refractivity contribution < 1.29 is 24.2 Å². The first-order valence-corrected chi connectivity index (χ1v) is 6.14. The number of ether oxygens (including phenoxy) is 2. The van der Waals surface area contributed by atoms with Gasteiger partial charge in [0.2, 0.25) is 0 Å². The summed E-state index contributed by atoms with van der Waals surface area (Å²) < 4.78 is 10.8. The van der Waals surface area contributed by atoms with Gasteiger partial charge in [0.05, 0.1) is 5.56 Å². The van der Waals surface area contributed by atoms with Crippen LogP contribution in [0.4, 0.5) is 5.82 Å². The largest absolute Gasteiger partial charge is 0.486 e. The van der Waals surface area contributed by atoms with Crippen LogP contribution in [0.25, 0.3) is 0 Å². The molecule has 1 aliphatic heterocycles. The summed E-state index contributed by atoms with van der Waals surface area (Å²) in [6, 6.07) is 6.21. The fourth-order valence-corrected chi connectivity index (χ4v) is 1.93. The van der Waals surface area contributed by atoms with Crippen LogP contribution in [0, 0.1) is 0 Å². The molecule has 3 rings (SSSR count). The second kappa shape index (κ2) is 5.16. The van der Waals surface area contributed by atoms with Crippen LogP contribution in [-0.2, 0) is 0 Å². The van der Waals surface area contributed by atoms with E-state index in [-0.39, 0.29) is 11.5 Å². The molecule has 8 heteroatoms. The highest BCUT2D eigenvalue weighted by molar-refractivity contribution is 6.06. The summed E-state index contributed by atoms with van der Waals surface area (Å²) in [5.74, 6) is -0.623. The van der Waals surface area contributed by atoms with Crippen LogP contribution in [0.5, 0.6) is 11.5 Å². The molecule has 0 fully saturated rings. The molecule has 0 saturated carbocycles. The van der Waals surface area contributed by atoms with Gasteiger partial charge in [-0.3, -0.25) is 9.89 Å². The fraction of sp³-hybridized carbons (Fsp3) is 0.154. The Balaban J connectivity index is 1.83. The zero-order chi connectivity index (χ0) is 14.8. The van der Waals surface area contributed by atoms with Gasteiger partial charge in [0.25, 0.3) is 5.91 Å². The second-order valence-electron chi connectivity index (χ2n) is 4.26. The highest BCUT2D eigenvalue weighted by Crippen LogP contribution is 2.33. The van der Waals surface area contributed by atoms with Gasteiger partial charge in [-0.15, -0.1) is 0 Å². The smallest absolute Gasteiger partial charge is 0.353 e. The Morgan fingerprint density at radius 1 is 1.29 bits per heavy atom. The summed E-state index contributed by atoms with van der Waals surface area (Å²) in [4.78, 5) is 23.0. The van der Waals surface area contributed by atoms with Crippen LogP contribution in [0.2, 0.25) is 0 Å². The first kappa shape index (κ1) is 13.0. The number of aromatic nitrogens is 2. The number of para-hydroxylation sites is 1. The van der Waals surface area contributed by atoms with Gasteiger partial charge in [0, 0.05) is 6.07 Å². The molecule has 1 amide bonds. The molecule has 0 bridgehead atoms. The van der Waals surface area contributed by atoms with Gasteiger partial charge in [-0.2, -0.15) is 5.10 Å². The topological polar surface area (TPSA) is 114 Å². The molecule has 0 saturated heterocycles. The van der Waals surface area contributed by atoms with Gasteiger partial charge in [-0.05, 0) is 12.1 Å². The van der Waals surface area contributed by atoms with Crippen molar-refractivity contribution in [3.8, 4) is 11.5 Å². The molecule has 21 heavy (non-hydrogen) atoms. The maximum absolute atomic E-state index is 12.2. The Labute approximate surface area is 118 Å². The highest BCUT2D eigenvalue weighted by atomic mass is 16.6. The number of aromatic carboxylic acids is 1. The summed E-state index contributed by atoms with van der Waals surface area (Å²) in [5.41, 5.74) is 0.187. The number of amides is 1. The number of hydrogen-bond donors (Lipinski definition) is 3. The van der Waals surface area contributed by atoms with Gasteiger partial charge in [0.15, 0.2) is 17.3 Å². The van der Waals surface area contributed by atoms with Gasteiger partial charge in [0.1, 0.15) is 18.9 Å². The molecule has 0 aliphatic carbocycles. The number of carbonyl (C=O) groups excluding carboxylic acids is 1. The number of nitrogens with one attached hydrogen (secondary N) is 2. The van der Waals surface area contributed by atoms with E-state index in [4.69, 9.17) is 14.6 Å². The first-order valence-electron chi connectivity index (χ1n) is 6.14. The van der Waals surface area contributed by atoms with Gasteiger partial charge in [-0.1, -0.05) is 6.07 Å². The molecule has 8 nitrogen and oxygen atoms in total. The van der Waals surface area contributed by atoms with Crippen LogP contribution >= 0.6 is 0 Å². The minimum atomic E-state index is -1.16. The van der Waals surface area contributed by atoms with E-state index >= 15 is 0 Å². The number of carbonyl (C=O) groups is 2. The summed E-state index contributed by atoms with van der Waals surface area (Å²) in [6.07, 6.45) is 0. The van der Waals surface area contributed by atoms with E-state index in [1.54, 1.807) is 18.2 Å². The van der Waals surface area contributed by atoms with Crippen molar-refractivity contribution >= 4 is 17.7 Å². The Morgan fingerprint density at radius 2 is 2.10 bits per heavy atom. The van der Waals surface area contributed by atoms with Crippen LogP contribution < -0.4 is 14.8 Å². The molecular weight excluding hydrogens is 278 g/mol. The number of rotatable bonds is 3. The molecule has 0 unspecified atom stereocenters. The van der Waals surface area contributed by atoms with E-state index in [1.807, 2.05) is 0 Å². The van der Waals surface area contributed by atoms with Crippen molar-refractivity contribution in [1.29, 1.82) is 0 Å². The number of aromatic amines is 1. The monoisotopic (exact) mass is 289 g/mol. The maximum atomic E-state index is 12.2. The highest BCUT2D eigenvalue weighted by Gasteiger charge is 2.21. The molecule has 1 aromatic heterocycles. The van der Waals surface area contributed by atoms with Crippen molar-refractivity contribution in [2.45, 2.75) is 0 Å². The van der Waals surface area contributed by atoms with Crippen molar-refractivity contribution in [2.24, 2.45) is 0 Å². The first-order chi connectivity index (χ1) is 10.1. The Morgan fingerprint density at radius 3 is 2.86 bits per heavy atom. The van der Waals surface area contributed by atoms with E-state index in [0.717, 1.165) is 0 Å². The quantitative estimate of drug-likeness (QED) is 0.780. The molecule has 1 aliphatic rings. The minimum Gasteiger partial charge on any atom is -0.486 e. The summed E-state index contributed by atoms with van der Waals surface area (Å²) in [5, 5.41) is 17.3. The lowest BCUT2D eigenvalue weighted by atomic mass is 10.1. The number of fused-ring (bicyclic) bond motifs is 1. The lowest BCUT2D eigenvalue weighted by Crippen LogP contribution is -2.20. The molecular formula is C13H11N3O5. The predicted octanol–water partition coefficient (Wildman–Crippen LogP) is 1.13. The molecule has 2 aromatic rings. The fourth-order valence-electron chi connectivity index (χ4n) is 1.93. The summed E-state index contributed by atoms with van der Waals surface area (Å²) in [7, 11) is 0. The number of benzene rings is 1. The molecule has 0 atom stereocenters. The standard InChI is InChI=1S/C13H11N3O5/c17-12(14-10-6-8(13(18)19)15-16-10)7-2-1-3-9-11(7)21-5-4-20-9/h1-3,6H,4-5H2,(H,18,19)(H2,14,15,16,17). The molecule has 0 spiro atoms. The van der Waals surface area contributed by atoms with Gasteiger partial charge < -0.3 is 19.9 Å². The van der Waals surface area contributed by atoms with Gasteiger partial charge in [-0.25, -0.2) is 4.79 Å². The van der Waals surface area contributed by atoms with Gasteiger partial charge >= 0.3 is 5.97 Å². The van der Waals surface area contributed by atoms with Crippen molar-refractivity contribution in [2.75, 3.05) is 18.5 Å². The SMILES string of the molecule is O=C(O)c1cc(NC(=O)c2cccc3c2OCCO3)n[nH]1. The molecule has 2 heterocycles. The molecule has 1 aromatic carbocycles. The maximum Gasteiger partial charge on any atom is 0.353 e. The number of hydrogen-bond acceptors (Lipinski definition) is 5. The Kier molecular flexibility index (Phi) is 3.19. The Bertz CT molecular complexity index is 710. The average molecular weight is 289 g/mol. The Hall–Kier alpha value is -3.03. The summed E-state index contributed by atoms with van der Waals surface area (Å²) in [6.45, 7) is 0.794. The zero-order valence-corrected chi connectivity index (χ0v) is 10.8. The average Bonchev–Trinajstić information content (AvgIpc) is 2.95. The number of H-pyrrole nitrogens is 1. The van der Waals surface area contributed by atoms with E-state index in [2.05, 4.69) is 15.5 Å². The van der Waals surface area contributed by atoms with Crippen LogP contribution in [0.15, 0.2) is 24.3 Å². The van der Waals surface area contributed by atoms with Crippen molar-refractivity contribution in [3.63, 3.8) is 0 Å². The number of nitrogens with zero attached hydrogens (tertiary/aromatic N) is 1. The van der Waals surface area contributed by atoms with E-state index in [9.17, 15) is 9.59 Å². The number of anilines is 1. The lowest BCUT2D eigenvalue weighted by molar-refractivity contribution is 0.0690. The van der Waals surface area contributed by atoms with Crippen molar-refractivity contribution in [1.82, 2.24) is 10.2 Å². The normalized spacial score (nSPS) is 12.8. The number of carboxylic acid groups (broad SMARTS) is 1. The molecule has 3 N–H and O–H groups in total. The summed E-state index contributed by atoms with van der Waals surface area (Å²) >= 11 is 0.